The van der Waals surface area contributed by atoms with E-state index in [2.05, 4.69) is 23.6 Å². The van der Waals surface area contributed by atoms with Crippen LogP contribution in [0.25, 0.3) is 10.8 Å². The third-order valence-corrected chi connectivity index (χ3v) is 9.15. The van der Waals surface area contributed by atoms with Gasteiger partial charge in [-0.2, -0.15) is 15.2 Å². The van der Waals surface area contributed by atoms with E-state index in [0.29, 0.717) is 49.1 Å². The second-order valence-electron chi connectivity index (χ2n) is 13.3. The number of nitriles is 1. The van der Waals surface area contributed by atoms with E-state index in [0.717, 1.165) is 40.6 Å². The molecule has 1 fully saturated rings. The standard InChI is InChI=1S/C36H39ClFN7O4/c1-23(38)33(46)44-19-18-43(20-25(44)13-15-39)32-27-14-17-42(30-12-6-9-24-8-5-11-28(37)31(24)30)21-29(27)40-34(41-32)48-22-26-10-7-16-45(26)35(47)49-36(2,3)4/h5-6,8-9,11-12,20,26H,1,7,10,13-14,16-19,21-22H2,2-4H3/t26-/m0/s1. The second-order valence-corrected chi connectivity index (χ2v) is 13.7. The smallest absolute Gasteiger partial charge is 0.410 e. The van der Waals surface area contributed by atoms with Gasteiger partial charge in [0.2, 0.25) is 0 Å². The molecule has 6 rings (SSSR count). The van der Waals surface area contributed by atoms with Crippen LogP contribution in [0.3, 0.4) is 0 Å². The fraction of sp³-hybridized carbons (Fsp3) is 0.417. The van der Waals surface area contributed by atoms with Gasteiger partial charge >= 0.3 is 12.1 Å². The molecule has 13 heteroatoms. The maximum atomic E-state index is 13.9. The molecule has 0 N–H and O–H groups in total. The number of halogens is 2. The molecule has 3 aliphatic rings. The van der Waals surface area contributed by atoms with Crippen LogP contribution >= 0.6 is 11.6 Å². The van der Waals surface area contributed by atoms with Crippen molar-refractivity contribution in [2.24, 2.45) is 0 Å². The third kappa shape index (κ3) is 7.27. The van der Waals surface area contributed by atoms with E-state index in [4.69, 9.17) is 31.0 Å². The Labute approximate surface area is 290 Å². The van der Waals surface area contributed by atoms with Gasteiger partial charge in [-0.25, -0.2) is 9.18 Å². The number of fused-ring (bicyclic) bond motifs is 2. The van der Waals surface area contributed by atoms with Crippen molar-refractivity contribution >= 4 is 45.9 Å². The normalized spacial score (nSPS) is 17.8. The maximum Gasteiger partial charge on any atom is 0.410 e. The van der Waals surface area contributed by atoms with Crippen LogP contribution in [0, 0.1) is 11.3 Å². The van der Waals surface area contributed by atoms with Crippen molar-refractivity contribution in [3.63, 3.8) is 0 Å². The maximum absolute atomic E-state index is 13.9. The van der Waals surface area contributed by atoms with Crippen LogP contribution in [-0.4, -0.2) is 76.2 Å². The number of benzene rings is 2. The molecular formula is C36H39ClFN7O4. The zero-order valence-corrected chi connectivity index (χ0v) is 28.7. The van der Waals surface area contributed by atoms with Crippen molar-refractivity contribution in [1.29, 1.82) is 5.26 Å². The lowest BCUT2D eigenvalue weighted by molar-refractivity contribution is -0.126. The SMILES string of the molecule is C=C(F)C(=O)N1CCN(c2nc(OC[C@@H]3CCCN3C(=O)OC(C)(C)C)nc3c2CCN(c2cccc4cccc(Cl)c24)C3)C=C1CC#N. The number of carbonyl (C=O) groups is 2. The van der Waals surface area contributed by atoms with Crippen molar-refractivity contribution in [1.82, 2.24) is 19.8 Å². The lowest BCUT2D eigenvalue weighted by Crippen LogP contribution is -2.43. The van der Waals surface area contributed by atoms with E-state index in [1.165, 1.54) is 4.90 Å². The fourth-order valence-electron chi connectivity index (χ4n) is 6.61. The Morgan fingerprint density at radius 2 is 1.90 bits per heavy atom. The molecule has 0 aliphatic carbocycles. The Kier molecular flexibility index (Phi) is 9.65. The summed E-state index contributed by atoms with van der Waals surface area (Å²) < 4.78 is 25.8. The van der Waals surface area contributed by atoms with E-state index in [1.807, 2.05) is 56.0 Å². The number of allylic oxidation sites excluding steroid dienone is 1. The molecule has 2 aromatic carbocycles. The topological polar surface area (TPSA) is 115 Å². The van der Waals surface area contributed by atoms with Gasteiger partial charge in [-0.15, -0.1) is 0 Å². The number of anilines is 2. The number of ether oxygens (including phenoxy) is 2. The van der Waals surface area contributed by atoms with E-state index >= 15 is 0 Å². The minimum absolute atomic E-state index is 0.107. The summed E-state index contributed by atoms with van der Waals surface area (Å²) in [6.07, 6.45) is 3.36. The van der Waals surface area contributed by atoms with Crippen LogP contribution in [0.2, 0.25) is 5.02 Å². The first kappa shape index (κ1) is 34.0. The summed E-state index contributed by atoms with van der Waals surface area (Å²) in [6, 6.07) is 14.0. The lowest BCUT2D eigenvalue weighted by atomic mass is 10.0. The molecule has 0 unspecified atom stereocenters. The van der Waals surface area contributed by atoms with Gasteiger partial charge in [-0.3, -0.25) is 4.79 Å². The van der Waals surface area contributed by atoms with Crippen LogP contribution in [-0.2, 0) is 22.5 Å². The molecule has 0 bridgehead atoms. The number of rotatable bonds is 7. The molecule has 3 aliphatic heterocycles. The van der Waals surface area contributed by atoms with Gasteiger partial charge < -0.3 is 29.1 Å². The van der Waals surface area contributed by atoms with E-state index in [1.54, 1.807) is 11.1 Å². The van der Waals surface area contributed by atoms with Crippen LogP contribution < -0.4 is 14.5 Å². The summed E-state index contributed by atoms with van der Waals surface area (Å²) in [6.45, 7) is 11.0. The summed E-state index contributed by atoms with van der Waals surface area (Å²) in [4.78, 5) is 42.3. The van der Waals surface area contributed by atoms with Crippen molar-refractivity contribution < 1.29 is 23.5 Å². The van der Waals surface area contributed by atoms with E-state index in [9.17, 15) is 19.2 Å². The third-order valence-electron chi connectivity index (χ3n) is 8.83. The molecule has 11 nitrogen and oxygen atoms in total. The highest BCUT2D eigenvalue weighted by Gasteiger charge is 2.34. The summed E-state index contributed by atoms with van der Waals surface area (Å²) in [5, 5.41) is 12.2. The van der Waals surface area contributed by atoms with Crippen molar-refractivity contribution in [2.75, 3.05) is 42.6 Å². The molecule has 0 radical (unpaired) electrons. The highest BCUT2D eigenvalue weighted by atomic mass is 35.5. The zero-order chi connectivity index (χ0) is 34.9. The molecule has 1 saturated heterocycles. The van der Waals surface area contributed by atoms with Crippen molar-refractivity contribution in [2.45, 2.75) is 64.6 Å². The molecule has 2 amide bonds. The highest BCUT2D eigenvalue weighted by molar-refractivity contribution is 6.36. The number of hydrogen-bond acceptors (Lipinski definition) is 9. The average Bonchev–Trinajstić information content (AvgIpc) is 3.55. The predicted octanol–water partition coefficient (Wildman–Crippen LogP) is 6.51. The Morgan fingerprint density at radius 1 is 1.12 bits per heavy atom. The summed E-state index contributed by atoms with van der Waals surface area (Å²) >= 11 is 6.70. The Bertz CT molecular complexity index is 1870. The van der Waals surface area contributed by atoms with Crippen LogP contribution in [0.5, 0.6) is 6.01 Å². The van der Waals surface area contributed by atoms with Gasteiger partial charge in [-0.1, -0.05) is 42.4 Å². The predicted molar refractivity (Wildman–Crippen MR) is 185 cm³/mol. The zero-order valence-electron chi connectivity index (χ0n) is 27.9. The first-order chi connectivity index (χ1) is 23.4. The fourth-order valence-corrected chi connectivity index (χ4v) is 6.89. The molecule has 49 heavy (non-hydrogen) atoms. The van der Waals surface area contributed by atoms with Crippen molar-refractivity contribution in [3.05, 3.63) is 77.0 Å². The minimum atomic E-state index is -1.09. The summed E-state index contributed by atoms with van der Waals surface area (Å²) in [5.41, 5.74) is 2.38. The van der Waals surface area contributed by atoms with Crippen LogP contribution in [0.15, 0.2) is 60.7 Å². The largest absolute Gasteiger partial charge is 0.461 e. The quantitative estimate of drug-likeness (QED) is 0.256. The number of nitrogens with zero attached hydrogens (tertiary/aromatic N) is 7. The summed E-state index contributed by atoms with van der Waals surface area (Å²) in [5.74, 6) is -1.37. The lowest BCUT2D eigenvalue weighted by Gasteiger charge is -2.37. The first-order valence-corrected chi connectivity index (χ1v) is 16.8. The Morgan fingerprint density at radius 3 is 2.63 bits per heavy atom. The average molecular weight is 688 g/mol. The number of hydrogen-bond donors (Lipinski definition) is 0. The van der Waals surface area contributed by atoms with E-state index < -0.39 is 17.3 Å². The molecule has 256 valence electrons. The summed E-state index contributed by atoms with van der Waals surface area (Å²) in [7, 11) is 0. The first-order valence-electron chi connectivity index (χ1n) is 16.4. The highest BCUT2D eigenvalue weighted by Crippen LogP contribution is 2.37. The molecule has 4 heterocycles. The second kappa shape index (κ2) is 13.9. The Hall–Kier alpha value is -4.89. The van der Waals surface area contributed by atoms with Crippen LogP contribution in [0.1, 0.15) is 51.3 Å². The van der Waals surface area contributed by atoms with Crippen LogP contribution in [0.4, 0.5) is 20.7 Å². The van der Waals surface area contributed by atoms with Gasteiger partial charge in [0, 0.05) is 49.0 Å². The van der Waals surface area contributed by atoms with Gasteiger partial charge in [-0.05, 0) is 57.6 Å². The molecule has 1 atom stereocenters. The van der Waals surface area contributed by atoms with Gasteiger partial charge in [0.05, 0.1) is 41.5 Å². The van der Waals surface area contributed by atoms with E-state index in [-0.39, 0.29) is 37.7 Å². The monoisotopic (exact) mass is 687 g/mol. The Balaban J connectivity index is 1.35. The molecule has 0 spiro atoms. The number of amides is 2. The molecule has 1 aromatic heterocycles. The van der Waals surface area contributed by atoms with Gasteiger partial charge in [0.1, 0.15) is 18.0 Å². The molecule has 3 aromatic rings. The van der Waals surface area contributed by atoms with Gasteiger partial charge in [0.25, 0.3) is 5.91 Å². The molecular weight excluding hydrogens is 649 g/mol. The number of carbonyl (C=O) groups excluding carboxylic acids is 2. The van der Waals surface area contributed by atoms with Crippen molar-refractivity contribution in [3.8, 4) is 12.1 Å². The number of likely N-dealkylation sites (tertiary alicyclic amines) is 1. The minimum Gasteiger partial charge on any atom is -0.461 e. The molecule has 0 saturated carbocycles. The number of aromatic nitrogens is 2. The van der Waals surface area contributed by atoms with Gasteiger partial charge in [0.15, 0.2) is 5.83 Å².